The van der Waals surface area contributed by atoms with Crippen LogP contribution < -0.4 is 0 Å². The van der Waals surface area contributed by atoms with Crippen molar-refractivity contribution < 1.29 is 23.7 Å². The highest BCUT2D eigenvalue weighted by Crippen LogP contribution is 2.36. The third kappa shape index (κ3) is 9.35. The summed E-state index contributed by atoms with van der Waals surface area (Å²) in [5.41, 5.74) is 0. The van der Waals surface area contributed by atoms with Gasteiger partial charge >= 0.3 is 0 Å². The van der Waals surface area contributed by atoms with E-state index in [9.17, 15) is 14.3 Å². The molecule has 0 spiro atoms. The Labute approximate surface area is 190 Å². The molecule has 1 N–H and O–H groups in total. The molecule has 1 aliphatic carbocycles. The number of methoxy groups -OCH3 is 2. The Morgan fingerprint density at radius 3 is 2.68 bits per heavy atom. The molecule has 1 aromatic rings. The van der Waals surface area contributed by atoms with Gasteiger partial charge in [-0.05, 0) is 18.6 Å². The SMILES string of the molecule is COC(/C=C/[C@H]1C(OC)CC(=O)[C@@H]1CC#CCCCP(C)(=O)O)CSc1ccccc1. The van der Waals surface area contributed by atoms with Crippen molar-refractivity contribution in [2.24, 2.45) is 11.8 Å². The molecule has 1 aromatic carbocycles. The van der Waals surface area contributed by atoms with Gasteiger partial charge in [0, 0.05) is 68.8 Å². The molecule has 1 aliphatic rings. The van der Waals surface area contributed by atoms with Gasteiger partial charge in [0.1, 0.15) is 5.78 Å². The molecule has 170 valence electrons. The number of Topliss-reactive ketones (excluding diaryl/α,β-unsaturated/α-hetero) is 1. The second-order valence-electron chi connectivity index (χ2n) is 7.85. The third-order valence-electron chi connectivity index (χ3n) is 5.34. The molecule has 0 aliphatic heterocycles. The Bertz CT molecular complexity index is 823. The Morgan fingerprint density at radius 2 is 2.03 bits per heavy atom. The minimum Gasteiger partial charge on any atom is -0.380 e. The van der Waals surface area contributed by atoms with Crippen molar-refractivity contribution in [2.45, 2.75) is 42.8 Å². The zero-order chi connectivity index (χ0) is 22.7. The van der Waals surface area contributed by atoms with Crippen LogP contribution in [0.25, 0.3) is 0 Å². The molecule has 0 bridgehead atoms. The molecule has 1 saturated carbocycles. The van der Waals surface area contributed by atoms with Crippen LogP contribution in [0.1, 0.15) is 25.7 Å². The van der Waals surface area contributed by atoms with Gasteiger partial charge in [-0.25, -0.2) is 0 Å². The van der Waals surface area contributed by atoms with Crippen LogP contribution in [0.5, 0.6) is 0 Å². The number of hydrogen-bond acceptors (Lipinski definition) is 5. The summed E-state index contributed by atoms with van der Waals surface area (Å²) in [7, 11) is 0.360. The average molecular weight is 465 g/mol. The molecule has 5 atom stereocenters. The van der Waals surface area contributed by atoms with Crippen LogP contribution in [0.15, 0.2) is 47.4 Å². The molecule has 7 heteroatoms. The fourth-order valence-corrected chi connectivity index (χ4v) is 5.29. The second-order valence-corrected chi connectivity index (χ2v) is 11.5. The lowest BCUT2D eigenvalue weighted by Crippen LogP contribution is -2.21. The minimum absolute atomic E-state index is 0.0283. The lowest BCUT2D eigenvalue weighted by Gasteiger charge is -2.19. The normalized spacial score (nSPS) is 24.0. The van der Waals surface area contributed by atoms with E-state index >= 15 is 0 Å². The van der Waals surface area contributed by atoms with Crippen molar-refractivity contribution in [1.82, 2.24) is 0 Å². The zero-order valence-corrected chi connectivity index (χ0v) is 20.2. The Kier molecular flexibility index (Phi) is 11.1. The standard InChI is InChI=1S/C24H33O5PS/c1-28-19(18-31-20-11-7-6-8-12-20)14-15-22-21(23(25)17-24(22)29-2)13-9-4-5-10-16-30(3,26)27/h6-8,11-12,14-15,19,21-22,24H,5,10,13,16-18H2,1-3H3,(H,26,27)/b15-14+/t19?,21-,22-,24?/m1/s1. The summed E-state index contributed by atoms with van der Waals surface area (Å²) in [4.78, 5) is 23.1. The van der Waals surface area contributed by atoms with Gasteiger partial charge in [0.2, 0.25) is 0 Å². The average Bonchev–Trinajstić information content (AvgIpc) is 3.05. The van der Waals surface area contributed by atoms with E-state index in [1.54, 1.807) is 26.0 Å². The molecule has 5 nitrogen and oxygen atoms in total. The summed E-state index contributed by atoms with van der Waals surface area (Å²) >= 11 is 1.73. The van der Waals surface area contributed by atoms with E-state index in [0.29, 0.717) is 25.7 Å². The number of carbonyl (C=O) groups excluding carboxylic acids is 1. The summed E-state index contributed by atoms with van der Waals surface area (Å²) in [6, 6.07) is 10.2. The highest BCUT2D eigenvalue weighted by atomic mass is 32.2. The van der Waals surface area contributed by atoms with E-state index in [4.69, 9.17) is 9.47 Å². The van der Waals surface area contributed by atoms with Gasteiger partial charge in [0.15, 0.2) is 7.37 Å². The maximum atomic E-state index is 12.5. The Morgan fingerprint density at radius 1 is 1.29 bits per heavy atom. The molecular weight excluding hydrogens is 431 g/mol. The Hall–Kier alpha value is -1.35. The van der Waals surface area contributed by atoms with Gasteiger partial charge in [0.25, 0.3) is 0 Å². The number of carbonyl (C=O) groups is 1. The molecule has 0 aromatic heterocycles. The summed E-state index contributed by atoms with van der Waals surface area (Å²) in [5, 5.41) is 0. The van der Waals surface area contributed by atoms with Crippen LogP contribution in [-0.4, -0.2) is 55.7 Å². The van der Waals surface area contributed by atoms with E-state index in [2.05, 4.69) is 30.0 Å². The van der Waals surface area contributed by atoms with Crippen molar-refractivity contribution in [2.75, 3.05) is 32.8 Å². The molecule has 3 unspecified atom stereocenters. The van der Waals surface area contributed by atoms with Gasteiger partial charge in [-0.15, -0.1) is 23.6 Å². The quantitative estimate of drug-likeness (QED) is 0.169. The monoisotopic (exact) mass is 464 g/mol. The van der Waals surface area contributed by atoms with Gasteiger partial charge in [-0.1, -0.05) is 30.4 Å². The fourth-order valence-electron chi connectivity index (χ4n) is 3.59. The molecule has 0 radical (unpaired) electrons. The predicted octanol–water partition coefficient (Wildman–Crippen LogP) is 4.64. The zero-order valence-electron chi connectivity index (χ0n) is 18.5. The smallest absolute Gasteiger partial charge is 0.197 e. The van der Waals surface area contributed by atoms with E-state index in [0.717, 1.165) is 5.75 Å². The van der Waals surface area contributed by atoms with E-state index in [1.807, 2.05) is 24.3 Å². The van der Waals surface area contributed by atoms with Crippen LogP contribution >= 0.6 is 19.1 Å². The number of unbranched alkanes of at least 4 members (excludes halogenated alkanes) is 1. The summed E-state index contributed by atoms with van der Waals surface area (Å²) < 4.78 is 22.5. The molecule has 1 fully saturated rings. The number of rotatable bonds is 11. The van der Waals surface area contributed by atoms with Gasteiger partial charge < -0.3 is 14.4 Å². The molecule has 31 heavy (non-hydrogen) atoms. The molecule has 0 amide bonds. The maximum Gasteiger partial charge on any atom is 0.197 e. The van der Waals surface area contributed by atoms with Crippen molar-refractivity contribution in [1.29, 1.82) is 0 Å². The van der Waals surface area contributed by atoms with Crippen LogP contribution in [0.2, 0.25) is 0 Å². The maximum absolute atomic E-state index is 12.5. The van der Waals surface area contributed by atoms with E-state index < -0.39 is 7.37 Å². The summed E-state index contributed by atoms with van der Waals surface area (Å²) in [5.74, 6) is 6.89. The first-order valence-electron chi connectivity index (χ1n) is 10.5. The highest BCUT2D eigenvalue weighted by Gasteiger charge is 2.40. The number of hydrogen-bond donors (Lipinski definition) is 1. The first-order chi connectivity index (χ1) is 14.8. The van der Waals surface area contributed by atoms with E-state index in [-0.39, 0.29) is 36.0 Å². The first kappa shape index (κ1) is 25.9. The van der Waals surface area contributed by atoms with Crippen molar-refractivity contribution in [3.05, 3.63) is 42.5 Å². The fraction of sp³-hybridized carbons (Fsp3) is 0.542. The van der Waals surface area contributed by atoms with Gasteiger partial charge in [-0.3, -0.25) is 9.36 Å². The number of ether oxygens (including phenoxy) is 2. The van der Waals surface area contributed by atoms with Crippen molar-refractivity contribution >= 4 is 24.9 Å². The lowest BCUT2D eigenvalue weighted by molar-refractivity contribution is -0.121. The molecule has 2 rings (SSSR count). The largest absolute Gasteiger partial charge is 0.380 e. The minimum atomic E-state index is -2.98. The summed E-state index contributed by atoms with van der Waals surface area (Å²) in [6.45, 7) is 1.37. The topological polar surface area (TPSA) is 72.8 Å². The molecule has 0 heterocycles. The van der Waals surface area contributed by atoms with Crippen LogP contribution in [0.3, 0.4) is 0 Å². The van der Waals surface area contributed by atoms with Gasteiger partial charge in [0.05, 0.1) is 12.2 Å². The summed E-state index contributed by atoms with van der Waals surface area (Å²) in [6.07, 6.45) is 6.20. The van der Waals surface area contributed by atoms with Crippen molar-refractivity contribution in [3.8, 4) is 11.8 Å². The number of thioether (sulfide) groups is 1. The second kappa shape index (κ2) is 13.3. The van der Waals surface area contributed by atoms with Crippen LogP contribution in [0.4, 0.5) is 0 Å². The number of benzene rings is 1. The van der Waals surface area contributed by atoms with Crippen LogP contribution in [-0.2, 0) is 18.8 Å². The van der Waals surface area contributed by atoms with Crippen molar-refractivity contribution in [3.63, 3.8) is 0 Å². The highest BCUT2D eigenvalue weighted by molar-refractivity contribution is 7.99. The predicted molar refractivity (Wildman–Crippen MR) is 127 cm³/mol. The lowest BCUT2D eigenvalue weighted by atomic mass is 9.90. The number of ketones is 1. The Balaban J connectivity index is 1.94. The van der Waals surface area contributed by atoms with Crippen LogP contribution in [0, 0.1) is 23.7 Å². The third-order valence-corrected chi connectivity index (χ3v) is 7.59. The van der Waals surface area contributed by atoms with Gasteiger partial charge in [-0.2, -0.15) is 0 Å². The first-order valence-corrected chi connectivity index (χ1v) is 13.8. The molecular formula is C24H33O5PS. The van der Waals surface area contributed by atoms with E-state index in [1.165, 1.54) is 11.6 Å². The molecule has 0 saturated heterocycles.